The molecule has 1 aromatic heterocycles. The number of guanidine groups is 3. The highest BCUT2D eigenvalue weighted by Crippen LogP contribution is 2.16. The third-order valence-corrected chi connectivity index (χ3v) is 19.8. The second-order valence-corrected chi connectivity index (χ2v) is 32.4. The number of rotatable bonds is 69. The summed E-state index contributed by atoms with van der Waals surface area (Å²) in [6, 6.07) is -25.8. The fourth-order valence-corrected chi connectivity index (χ4v) is 12.7. The lowest BCUT2D eigenvalue weighted by molar-refractivity contribution is -0.143. The Kier molecular flexibility index (Phi) is 55.1. The van der Waals surface area contributed by atoms with Gasteiger partial charge in [-0.3, -0.25) is 107 Å². The first-order valence-electron chi connectivity index (χ1n) is 43.0. The van der Waals surface area contributed by atoms with Gasteiger partial charge in [0.2, 0.25) is 94.5 Å². The molecular formula is C78H135N29O26. The zero-order valence-corrected chi connectivity index (χ0v) is 75.2. The number of amides is 16. The Hall–Kier alpha value is -13.7. The molecule has 0 aromatic carbocycles. The molecule has 1 aromatic rings. The van der Waals surface area contributed by atoms with Crippen molar-refractivity contribution in [3.05, 3.63) is 18.2 Å². The van der Waals surface area contributed by atoms with Crippen LogP contribution in [0.1, 0.15) is 182 Å². The predicted octanol–water partition coefficient (Wildman–Crippen LogP) is -11.1. The summed E-state index contributed by atoms with van der Waals surface area (Å²) in [4.78, 5) is 278. The minimum atomic E-state index is -2.03. The van der Waals surface area contributed by atoms with E-state index in [0.29, 0.717) is 12.8 Å². The Balaban J connectivity index is 3.85. The Morgan fingerprint density at radius 2 is 0.624 bits per heavy atom. The van der Waals surface area contributed by atoms with Crippen molar-refractivity contribution in [1.29, 1.82) is 16.2 Å². The van der Waals surface area contributed by atoms with Crippen molar-refractivity contribution in [3.63, 3.8) is 0 Å². The van der Waals surface area contributed by atoms with E-state index in [1.807, 2.05) is 0 Å². The number of hydrogen-bond donors (Lipinski definition) is 34. The molecule has 0 aliphatic rings. The number of H-pyrrole nitrogens is 1. The van der Waals surface area contributed by atoms with E-state index in [1.165, 1.54) is 26.4 Å². The van der Waals surface area contributed by atoms with E-state index in [4.69, 9.17) is 56.4 Å². The van der Waals surface area contributed by atoms with Crippen LogP contribution in [0.4, 0.5) is 0 Å². The number of hydrogen-bond acceptors (Lipinski definition) is 28. The number of aliphatic carboxylic acids is 4. The molecule has 133 heavy (non-hydrogen) atoms. The topological polar surface area (TPSA) is 950 Å². The summed E-state index contributed by atoms with van der Waals surface area (Å²) in [6.45, 7) is 7.03. The molecule has 16 amide bonds. The highest BCUT2D eigenvalue weighted by atomic mass is 16.4. The Labute approximate surface area is 765 Å². The molecular weight excluding hydrogens is 1760 g/mol. The summed E-state index contributed by atoms with van der Waals surface area (Å²) in [7, 11) is 0. The molecule has 0 fully saturated rings. The Morgan fingerprint density at radius 3 is 0.925 bits per heavy atom. The summed E-state index contributed by atoms with van der Waals surface area (Å²) in [5.41, 5.74) is 38.9. The maximum Gasteiger partial charge on any atom is 0.326 e. The van der Waals surface area contributed by atoms with Gasteiger partial charge in [0.25, 0.3) is 0 Å². The van der Waals surface area contributed by atoms with E-state index in [2.05, 4.69) is 100 Å². The summed E-state index contributed by atoms with van der Waals surface area (Å²) in [6.07, 6.45) is -4.98. The number of aliphatic hydroxyl groups is 2. The van der Waals surface area contributed by atoms with E-state index < -0.39 is 328 Å². The number of carbonyl (C=O) groups excluding carboxylic acids is 16. The SMILES string of the molecule is CC(C)C[C@H](NC(=O)[C@H](CCC(N)=O)NC(=O)[C@H](Cc1cnc[nH]1)NC(=O)[C@H](CCCNC(=N)N)NC(=O)[C@H](CC(C)C)NC(=O)[C@H](CCC(=O)O)NC(=O)[C@H](CO)NC(=O)[C@@H](NC(=O)[C@H](CCCNC(=N)N)NC(=O)[C@H](CCC(=O)O)NC(=O)[C@H](CCC(=O)O)NC(=O)[C@@H](N)CCCCN)C(C)C)C(=O)N[C@@H](CCC(N)=O)C(=O)N[C@@H](CO)C(=O)N[C@@H](CCCNC(=N)N)C(=O)O. The quantitative estimate of drug-likeness (QED) is 0.0164. The zero-order valence-electron chi connectivity index (χ0n) is 75.2. The smallest absolute Gasteiger partial charge is 0.326 e. The zero-order chi connectivity index (χ0) is 101. The Morgan fingerprint density at radius 1 is 0.346 bits per heavy atom. The van der Waals surface area contributed by atoms with Crippen molar-refractivity contribution >= 4 is 136 Å². The van der Waals surface area contributed by atoms with Crippen LogP contribution in [0.15, 0.2) is 12.5 Å². The van der Waals surface area contributed by atoms with Gasteiger partial charge in [-0.15, -0.1) is 0 Å². The molecule has 1 heterocycles. The van der Waals surface area contributed by atoms with E-state index in [1.54, 1.807) is 27.7 Å². The fraction of sp³-hybridized carbons (Fsp3) is 0.667. The lowest BCUT2D eigenvalue weighted by Crippen LogP contribution is -2.62. The standard InChI is InChI=1S/C78H135N29O26/c1-37(2)30-50(103-66(123)48(20-25-59(116)117)100-72(129)54(35-109)106-74(131)60(39(5)6)107-68(125)43(14-10-28-91-77(85)86)95-64(121)47(19-24-58(114)115)97-63(120)46(18-23-57(112)113)94-61(118)41(80)12-7-8-26-79)69(126)96-42(13-9-27-90-76(83)84)62(119)104-52(32-40-33-89-36-93-40)71(128)99-44(16-21-55(81)110)65(122)102-51(31-38(3)4)70(127)98-45(17-22-56(82)111)67(124)105-53(34-108)73(130)101-49(75(132)133)15-11-29-92-78(87)88/h33,36-39,41-54,60,108-109H,7-32,34-35,79-80H2,1-6H3,(H2,81,110)(H2,82,111)(H,89,93)(H,94,118)(H,95,121)(H,96,126)(H,97,120)(H,98,127)(H,99,128)(H,100,129)(H,101,130)(H,102,122)(H,103,123)(H,104,119)(H,105,124)(H,106,131)(H,107,125)(H,112,113)(H,114,115)(H,116,117)(H,132,133)(H4,83,84,90)(H4,85,86,91)(H4,87,88,92)/t41-,42-,43-,44-,45-,46-,47-,48-,49-,50-,51-,52-,53-,54-,60-/m0/s1. The van der Waals surface area contributed by atoms with Crippen LogP contribution in [0.3, 0.4) is 0 Å². The number of nitrogens with two attached hydrogens (primary N) is 7. The highest BCUT2D eigenvalue weighted by molar-refractivity contribution is 6.01. The number of unbranched alkanes of at least 4 members (excludes halogenated alkanes) is 1. The molecule has 0 radical (unpaired) electrons. The first kappa shape index (κ1) is 117. The van der Waals surface area contributed by atoms with Crippen LogP contribution in [-0.4, -0.2) is 307 Å². The number of aliphatic hydroxyl groups excluding tert-OH is 2. The minimum absolute atomic E-state index is 0.0409. The molecule has 0 saturated heterocycles. The fourth-order valence-electron chi connectivity index (χ4n) is 12.7. The number of carboxylic acids is 4. The van der Waals surface area contributed by atoms with E-state index in [-0.39, 0.29) is 89.7 Å². The van der Waals surface area contributed by atoms with Crippen LogP contribution in [0, 0.1) is 34.0 Å². The predicted molar refractivity (Wildman–Crippen MR) is 471 cm³/mol. The van der Waals surface area contributed by atoms with Crippen molar-refractivity contribution in [2.24, 2.45) is 57.9 Å². The second-order valence-electron chi connectivity index (χ2n) is 32.4. The van der Waals surface area contributed by atoms with Crippen LogP contribution in [0.2, 0.25) is 0 Å². The van der Waals surface area contributed by atoms with Crippen molar-refractivity contribution < 1.29 is 127 Å². The lowest BCUT2D eigenvalue weighted by atomic mass is 10.0. The number of carbonyl (C=O) groups is 20. The normalized spacial score (nSPS) is 14.4. The van der Waals surface area contributed by atoms with Gasteiger partial charge in [-0.05, 0) is 121 Å². The Bertz CT molecular complexity index is 4100. The average molecular weight is 1900 g/mol. The first-order chi connectivity index (χ1) is 62.4. The molecule has 0 aliphatic carbocycles. The third kappa shape index (κ3) is 49.2. The maximum absolute atomic E-state index is 14.9. The molecule has 0 saturated carbocycles. The van der Waals surface area contributed by atoms with Crippen molar-refractivity contribution in [2.75, 3.05) is 39.4 Å². The maximum atomic E-state index is 14.9. The molecule has 1 rings (SSSR count). The van der Waals surface area contributed by atoms with Crippen LogP contribution < -0.4 is 131 Å². The molecule has 0 unspecified atom stereocenters. The number of imidazole rings is 1. The lowest BCUT2D eigenvalue weighted by Gasteiger charge is -2.29. The van der Waals surface area contributed by atoms with Gasteiger partial charge in [-0.25, -0.2) is 9.78 Å². The summed E-state index contributed by atoms with van der Waals surface area (Å²) in [5.74, 6) is -27.3. The van der Waals surface area contributed by atoms with E-state index in [0.717, 1.165) is 0 Å². The monoisotopic (exact) mass is 1890 g/mol. The molecule has 0 aliphatic heterocycles. The number of primary amides is 2. The van der Waals surface area contributed by atoms with Crippen LogP contribution in [0.5, 0.6) is 0 Å². The number of aromatic amines is 1. The molecule has 748 valence electrons. The van der Waals surface area contributed by atoms with Gasteiger partial charge in [0.1, 0.15) is 84.6 Å². The number of nitrogens with zero attached hydrogens (tertiary/aromatic N) is 1. The van der Waals surface area contributed by atoms with Crippen LogP contribution >= 0.6 is 0 Å². The molecule has 15 atom stereocenters. The van der Waals surface area contributed by atoms with Crippen LogP contribution in [0.25, 0.3) is 0 Å². The van der Waals surface area contributed by atoms with Gasteiger partial charge in [0.15, 0.2) is 17.9 Å². The van der Waals surface area contributed by atoms with Crippen molar-refractivity contribution in [1.82, 2.24) is 100 Å². The van der Waals surface area contributed by atoms with Gasteiger partial charge >= 0.3 is 23.9 Å². The van der Waals surface area contributed by atoms with Crippen molar-refractivity contribution in [3.8, 4) is 0 Å². The third-order valence-electron chi connectivity index (χ3n) is 19.8. The average Bonchev–Trinajstić information content (AvgIpc) is 1.51. The number of nitrogens with one attached hydrogen (secondary N) is 21. The van der Waals surface area contributed by atoms with E-state index >= 15 is 0 Å². The van der Waals surface area contributed by atoms with Gasteiger partial charge in [-0.2, -0.15) is 0 Å². The van der Waals surface area contributed by atoms with Gasteiger partial charge < -0.3 is 166 Å². The van der Waals surface area contributed by atoms with Crippen molar-refractivity contribution in [2.45, 2.75) is 273 Å². The van der Waals surface area contributed by atoms with Crippen LogP contribution in [-0.2, 0) is 102 Å². The van der Waals surface area contributed by atoms with E-state index in [9.17, 15) is 127 Å². The summed E-state index contributed by atoms with van der Waals surface area (Å²) in [5, 5.41) is 123. The highest BCUT2D eigenvalue weighted by Gasteiger charge is 2.40. The van der Waals surface area contributed by atoms with Gasteiger partial charge in [-0.1, -0.05) is 48.0 Å². The second kappa shape index (κ2) is 62.5. The molecule has 0 bridgehead atoms. The minimum Gasteiger partial charge on any atom is -0.481 e. The van der Waals surface area contributed by atoms with Gasteiger partial charge in [0, 0.05) is 70.0 Å². The number of carboxylic acid groups (broad SMARTS) is 4. The molecule has 0 spiro atoms. The largest absolute Gasteiger partial charge is 0.481 e. The molecule has 41 N–H and O–H groups in total. The molecule has 55 nitrogen and oxygen atoms in total. The first-order valence-corrected chi connectivity index (χ1v) is 43.0. The number of aromatic nitrogens is 2. The summed E-state index contributed by atoms with van der Waals surface area (Å²) >= 11 is 0. The summed E-state index contributed by atoms with van der Waals surface area (Å²) < 4.78 is 0. The molecule has 55 heteroatoms. The van der Waals surface area contributed by atoms with Gasteiger partial charge in [0.05, 0.1) is 25.6 Å².